The predicted octanol–water partition coefficient (Wildman–Crippen LogP) is 12.7. The van der Waals surface area contributed by atoms with E-state index < -0.39 is 0 Å². The normalized spacial score (nSPS) is 16.5. The molecule has 3 aliphatic rings. The Hall–Kier alpha value is -5.42. The molecule has 4 heteroatoms. The lowest BCUT2D eigenvalue weighted by atomic mass is 9.86. The molecule has 0 amide bonds. The Morgan fingerprint density at radius 2 is 1.25 bits per heavy atom. The number of nitrogens with zero attached hydrogens (tertiary/aromatic N) is 1. The molecule has 6 aromatic carbocycles. The zero-order valence-electron chi connectivity index (χ0n) is 27.9. The fourth-order valence-electron chi connectivity index (χ4n) is 7.97. The molecule has 0 saturated heterocycles. The highest BCUT2D eigenvalue weighted by Crippen LogP contribution is 2.53. The fourth-order valence-corrected chi connectivity index (χ4v) is 10.4. The van der Waals surface area contributed by atoms with Crippen molar-refractivity contribution in [3.8, 4) is 27.9 Å². The first-order valence-electron chi connectivity index (χ1n) is 17.6. The van der Waals surface area contributed by atoms with E-state index in [2.05, 4.69) is 180 Å². The van der Waals surface area contributed by atoms with E-state index in [4.69, 9.17) is 0 Å². The van der Waals surface area contributed by atoms with E-state index in [1.54, 1.807) is 0 Å². The molecule has 0 radical (unpaired) electrons. The summed E-state index contributed by atoms with van der Waals surface area (Å²) in [6.45, 7) is 0.874. The fraction of sp³-hybridized carbons (Fsp3) is 0.0638. The molecule has 51 heavy (non-hydrogen) atoms. The van der Waals surface area contributed by atoms with Gasteiger partial charge in [0, 0.05) is 54.9 Å². The second-order valence-electron chi connectivity index (χ2n) is 13.2. The highest BCUT2D eigenvalue weighted by molar-refractivity contribution is 8.03. The second-order valence-corrected chi connectivity index (χ2v) is 15.4. The van der Waals surface area contributed by atoms with Crippen LogP contribution in [0.5, 0.6) is 0 Å². The summed E-state index contributed by atoms with van der Waals surface area (Å²) in [4.78, 5) is 5.25. The average Bonchev–Trinajstić information content (AvgIpc) is 3.54. The van der Waals surface area contributed by atoms with Gasteiger partial charge in [-0.3, -0.25) is 0 Å². The molecule has 1 aromatic heterocycles. The van der Waals surface area contributed by atoms with Gasteiger partial charge < -0.3 is 9.88 Å². The lowest BCUT2D eigenvalue weighted by Crippen LogP contribution is -2.22. The van der Waals surface area contributed by atoms with Gasteiger partial charge in [0.2, 0.25) is 0 Å². The molecule has 2 nitrogen and oxygen atoms in total. The zero-order chi connectivity index (χ0) is 33.7. The minimum absolute atomic E-state index is 0.291. The number of hydrogen-bond donors (Lipinski definition) is 1. The lowest BCUT2D eigenvalue weighted by molar-refractivity contribution is 0.676. The quantitative estimate of drug-likeness (QED) is 0.199. The number of aromatic nitrogens is 1. The van der Waals surface area contributed by atoms with Gasteiger partial charge in [0.1, 0.15) is 0 Å². The zero-order valence-corrected chi connectivity index (χ0v) is 29.6. The minimum atomic E-state index is 0.291. The van der Waals surface area contributed by atoms with Crippen LogP contribution in [0.4, 0.5) is 0 Å². The third kappa shape index (κ3) is 5.21. The monoisotopic (exact) mass is 690 g/mol. The van der Waals surface area contributed by atoms with E-state index in [0.29, 0.717) is 5.92 Å². The summed E-state index contributed by atoms with van der Waals surface area (Å²) in [7, 11) is 0. The summed E-state index contributed by atoms with van der Waals surface area (Å²) in [5.74, 6) is 0.291. The molecular weight excluding hydrogens is 657 g/mol. The first-order valence-corrected chi connectivity index (χ1v) is 19.2. The maximum Gasteiger partial charge on any atom is 0.0547 e. The van der Waals surface area contributed by atoms with E-state index in [1.807, 2.05) is 23.5 Å². The Kier molecular flexibility index (Phi) is 7.59. The Labute approximate surface area is 306 Å². The summed E-state index contributed by atoms with van der Waals surface area (Å²) in [6.07, 6.45) is 12.4. The standard InChI is InChI=1S/C47H34N2S2/c1-2-14-32(15-3-1)49-40-22-7-4-18-37(40)46-35(19-12-23-41(46)49)36-20-13-26-44-47(36)38-28-27-31(39-21-10-11-29-48-39)30-45(38)51-43-25-9-6-17-34(43)33-16-5-8-24-42(33)50-44/h1-28,31,48H,29-30H2. The van der Waals surface area contributed by atoms with Gasteiger partial charge in [-0.25, -0.2) is 0 Å². The average molecular weight is 691 g/mol. The maximum atomic E-state index is 3.66. The Morgan fingerprint density at radius 3 is 2.08 bits per heavy atom. The van der Waals surface area contributed by atoms with Crippen LogP contribution in [0.15, 0.2) is 195 Å². The van der Waals surface area contributed by atoms with Crippen molar-refractivity contribution in [3.05, 3.63) is 186 Å². The first-order chi connectivity index (χ1) is 25.3. The second kappa shape index (κ2) is 12.7. The van der Waals surface area contributed by atoms with Crippen molar-refractivity contribution >= 4 is 50.9 Å². The number of hydrogen-bond acceptors (Lipinski definition) is 3. The first kappa shape index (κ1) is 30.4. The van der Waals surface area contributed by atoms with Crippen LogP contribution in [0.2, 0.25) is 0 Å². The molecule has 2 aliphatic heterocycles. The lowest BCUT2D eigenvalue weighted by Gasteiger charge is -2.29. The predicted molar refractivity (Wildman–Crippen MR) is 217 cm³/mol. The molecule has 1 N–H and O–H groups in total. The number of allylic oxidation sites excluding steroid dienone is 6. The molecular formula is C47H34N2S2. The van der Waals surface area contributed by atoms with E-state index in [-0.39, 0.29) is 0 Å². The number of nitrogens with one attached hydrogen (secondary N) is 1. The van der Waals surface area contributed by atoms with Gasteiger partial charge in [0.25, 0.3) is 0 Å². The summed E-state index contributed by atoms with van der Waals surface area (Å²) in [5, 5.41) is 6.21. The Morgan fingerprint density at radius 1 is 0.588 bits per heavy atom. The van der Waals surface area contributed by atoms with Gasteiger partial charge in [0.05, 0.1) is 11.0 Å². The van der Waals surface area contributed by atoms with Gasteiger partial charge in [-0.2, -0.15) is 0 Å². The van der Waals surface area contributed by atoms with Crippen LogP contribution in [0.25, 0.3) is 55.3 Å². The van der Waals surface area contributed by atoms with Crippen molar-refractivity contribution in [2.75, 3.05) is 6.54 Å². The number of thioether (sulfide) groups is 1. The third-order valence-corrected chi connectivity index (χ3v) is 12.6. The summed E-state index contributed by atoms with van der Waals surface area (Å²) < 4.78 is 2.42. The highest BCUT2D eigenvalue weighted by atomic mass is 32.2. The van der Waals surface area contributed by atoms with Crippen LogP contribution in [-0.2, 0) is 0 Å². The summed E-state index contributed by atoms with van der Waals surface area (Å²) in [6, 6.07) is 51.3. The van der Waals surface area contributed by atoms with Gasteiger partial charge in [-0.05, 0) is 87.7 Å². The van der Waals surface area contributed by atoms with Gasteiger partial charge >= 0.3 is 0 Å². The van der Waals surface area contributed by atoms with Gasteiger partial charge in [-0.1, -0.05) is 145 Å². The minimum Gasteiger partial charge on any atom is -0.384 e. The van der Waals surface area contributed by atoms with Crippen LogP contribution in [0.1, 0.15) is 12.0 Å². The third-order valence-electron chi connectivity index (χ3n) is 10.3. The van der Waals surface area contributed by atoms with Crippen molar-refractivity contribution in [2.45, 2.75) is 21.1 Å². The van der Waals surface area contributed by atoms with E-state index in [0.717, 1.165) is 13.0 Å². The maximum absolute atomic E-state index is 3.66. The molecule has 1 aliphatic carbocycles. The Balaban J connectivity index is 1.26. The largest absolute Gasteiger partial charge is 0.384 e. The molecule has 1 unspecified atom stereocenters. The molecule has 244 valence electrons. The van der Waals surface area contributed by atoms with Crippen LogP contribution >= 0.6 is 23.5 Å². The van der Waals surface area contributed by atoms with Crippen LogP contribution in [0.3, 0.4) is 0 Å². The number of fused-ring (bicyclic) bond motifs is 8. The molecule has 10 rings (SSSR count). The summed E-state index contributed by atoms with van der Waals surface area (Å²) in [5.41, 5.74) is 12.6. The van der Waals surface area contributed by atoms with Crippen molar-refractivity contribution in [1.82, 2.24) is 9.88 Å². The van der Waals surface area contributed by atoms with Crippen molar-refractivity contribution in [3.63, 3.8) is 0 Å². The number of benzene rings is 6. The molecule has 0 saturated carbocycles. The Bertz CT molecular complexity index is 2620. The topological polar surface area (TPSA) is 17.0 Å². The van der Waals surface area contributed by atoms with E-state index >= 15 is 0 Å². The van der Waals surface area contributed by atoms with Crippen LogP contribution in [0, 0.1) is 5.92 Å². The molecule has 0 fully saturated rings. The van der Waals surface area contributed by atoms with Crippen molar-refractivity contribution in [2.24, 2.45) is 5.92 Å². The molecule has 1 atom stereocenters. The molecule has 0 spiro atoms. The molecule has 0 bridgehead atoms. The molecule has 7 aromatic rings. The summed E-state index contributed by atoms with van der Waals surface area (Å²) >= 11 is 3.84. The number of para-hydroxylation sites is 2. The van der Waals surface area contributed by atoms with Gasteiger partial charge in [-0.15, -0.1) is 0 Å². The molecule has 3 heterocycles. The van der Waals surface area contributed by atoms with E-state index in [9.17, 15) is 0 Å². The van der Waals surface area contributed by atoms with Crippen LogP contribution < -0.4 is 5.32 Å². The van der Waals surface area contributed by atoms with Crippen LogP contribution in [-0.4, -0.2) is 11.1 Å². The highest BCUT2D eigenvalue weighted by Gasteiger charge is 2.28. The smallest absolute Gasteiger partial charge is 0.0547 e. The number of rotatable bonds is 3. The van der Waals surface area contributed by atoms with E-state index in [1.165, 1.54) is 86.2 Å². The van der Waals surface area contributed by atoms with Gasteiger partial charge in [0.15, 0.2) is 0 Å². The van der Waals surface area contributed by atoms with Crippen molar-refractivity contribution < 1.29 is 0 Å². The number of dihydropyridines is 1. The SMILES string of the molecule is C1=CCNC(C2C=CC3=C(C2)Sc2ccccc2-c2ccccc2Sc2cccc(-c4cccc5c4c4ccccc4n5-c4ccccc4)c23)=C1. The van der Waals surface area contributed by atoms with Crippen molar-refractivity contribution in [1.29, 1.82) is 0 Å².